The third-order valence-electron chi connectivity index (χ3n) is 4.31. The first-order chi connectivity index (χ1) is 16.0. The highest BCUT2D eigenvalue weighted by Crippen LogP contribution is 2.28. The molecule has 0 saturated carbocycles. The molecule has 2 aromatic carbocycles. The SMILES string of the molecule is CC.CCC.CSn1cc(-c2ccc(-n3nc(N)cc3-c3ccc(C#N)c(F)c3)cc2)cn1. The van der Waals surface area contributed by atoms with Gasteiger partial charge in [-0.05, 0) is 41.8 Å². The van der Waals surface area contributed by atoms with Crippen molar-refractivity contribution in [3.63, 3.8) is 0 Å². The van der Waals surface area contributed by atoms with Gasteiger partial charge in [-0.1, -0.05) is 52.3 Å². The molecule has 0 radical (unpaired) electrons. The van der Waals surface area contributed by atoms with Crippen LogP contribution in [0, 0.1) is 17.1 Å². The van der Waals surface area contributed by atoms with Crippen LogP contribution in [0.15, 0.2) is 60.9 Å². The fraction of sp³-hybridized carbons (Fsp3) is 0.240. The molecule has 6 nitrogen and oxygen atoms in total. The van der Waals surface area contributed by atoms with E-state index in [1.165, 1.54) is 30.5 Å². The Hall–Kier alpha value is -3.57. The van der Waals surface area contributed by atoms with Crippen molar-refractivity contribution in [2.24, 2.45) is 0 Å². The van der Waals surface area contributed by atoms with Gasteiger partial charge in [0.15, 0.2) is 0 Å². The van der Waals surface area contributed by atoms with Crippen LogP contribution in [0.4, 0.5) is 10.2 Å². The molecule has 33 heavy (non-hydrogen) atoms. The van der Waals surface area contributed by atoms with Crippen LogP contribution in [-0.4, -0.2) is 25.2 Å². The van der Waals surface area contributed by atoms with Crippen LogP contribution >= 0.6 is 11.9 Å². The van der Waals surface area contributed by atoms with E-state index in [1.54, 1.807) is 20.9 Å². The molecular weight excluding hydrogens is 435 g/mol. The molecule has 172 valence electrons. The van der Waals surface area contributed by atoms with Crippen LogP contribution in [0.25, 0.3) is 28.1 Å². The van der Waals surface area contributed by atoms with Crippen molar-refractivity contribution in [1.29, 1.82) is 5.26 Å². The summed E-state index contributed by atoms with van der Waals surface area (Å²) in [5.41, 5.74) is 9.95. The Balaban J connectivity index is 0.000000714. The fourth-order valence-electron chi connectivity index (χ4n) is 2.92. The Kier molecular flexibility index (Phi) is 9.70. The van der Waals surface area contributed by atoms with E-state index < -0.39 is 5.82 Å². The first kappa shape index (κ1) is 25.7. The number of hydrogen-bond acceptors (Lipinski definition) is 5. The van der Waals surface area contributed by atoms with Crippen molar-refractivity contribution >= 4 is 17.8 Å². The van der Waals surface area contributed by atoms with E-state index in [2.05, 4.69) is 24.0 Å². The van der Waals surface area contributed by atoms with Gasteiger partial charge in [-0.3, -0.25) is 0 Å². The summed E-state index contributed by atoms with van der Waals surface area (Å²) < 4.78 is 17.5. The fourth-order valence-corrected chi connectivity index (χ4v) is 3.28. The summed E-state index contributed by atoms with van der Waals surface area (Å²) in [6.45, 7) is 8.25. The summed E-state index contributed by atoms with van der Waals surface area (Å²) >= 11 is 1.52. The average molecular weight is 465 g/mol. The lowest BCUT2D eigenvalue weighted by Gasteiger charge is -2.09. The van der Waals surface area contributed by atoms with Gasteiger partial charge in [0, 0.05) is 29.6 Å². The summed E-state index contributed by atoms with van der Waals surface area (Å²) in [7, 11) is 0. The molecule has 2 aromatic heterocycles. The Morgan fingerprint density at radius 3 is 2.21 bits per heavy atom. The summed E-state index contributed by atoms with van der Waals surface area (Å²) in [5, 5.41) is 17.5. The standard InChI is InChI=1S/C20H15FN6S.C3H8.C2H6/c1-28-26-12-16(11-24-26)13-4-6-17(7-5-13)27-19(9-20(23)25-27)14-2-3-15(10-22)18(21)8-14;1-3-2;1-2/h2-9,11-12H,1H3,(H2,23,25);3H2,1-2H3;1-2H3. The maximum absolute atomic E-state index is 14.1. The zero-order valence-electron chi connectivity index (χ0n) is 19.6. The molecule has 2 heterocycles. The van der Waals surface area contributed by atoms with E-state index in [9.17, 15) is 4.39 Å². The van der Waals surface area contributed by atoms with Crippen LogP contribution in [0.5, 0.6) is 0 Å². The molecular formula is C25H29FN6S. The summed E-state index contributed by atoms with van der Waals surface area (Å²) in [5.74, 6) is -0.252. The number of hydrogen-bond donors (Lipinski definition) is 1. The van der Waals surface area contributed by atoms with Crippen LogP contribution in [0.1, 0.15) is 39.7 Å². The first-order valence-electron chi connectivity index (χ1n) is 10.8. The Bertz CT molecular complexity index is 1200. The molecule has 8 heteroatoms. The average Bonchev–Trinajstić information content (AvgIpc) is 3.48. The molecule has 0 atom stereocenters. The lowest BCUT2D eigenvalue weighted by atomic mass is 10.1. The molecule has 4 rings (SSSR count). The molecule has 0 unspecified atom stereocenters. The lowest BCUT2D eigenvalue weighted by molar-refractivity contribution is 0.624. The van der Waals surface area contributed by atoms with E-state index in [0.717, 1.165) is 16.8 Å². The first-order valence-corrected chi connectivity index (χ1v) is 11.9. The van der Waals surface area contributed by atoms with Crippen LogP contribution in [0.3, 0.4) is 0 Å². The second kappa shape index (κ2) is 12.5. The number of nitrogen functional groups attached to an aromatic ring is 1. The summed E-state index contributed by atoms with van der Waals surface area (Å²) in [6, 6.07) is 15.7. The van der Waals surface area contributed by atoms with Crippen LogP contribution < -0.4 is 5.73 Å². The van der Waals surface area contributed by atoms with Gasteiger partial charge in [0.05, 0.1) is 23.1 Å². The predicted molar refractivity (Wildman–Crippen MR) is 136 cm³/mol. The van der Waals surface area contributed by atoms with Crippen LogP contribution in [0.2, 0.25) is 0 Å². The number of anilines is 1. The molecule has 0 bridgehead atoms. The van der Waals surface area contributed by atoms with Gasteiger partial charge in [0.2, 0.25) is 0 Å². The number of rotatable bonds is 4. The van der Waals surface area contributed by atoms with Crippen molar-refractivity contribution in [2.45, 2.75) is 34.1 Å². The van der Waals surface area contributed by atoms with Gasteiger partial charge >= 0.3 is 0 Å². The zero-order valence-corrected chi connectivity index (χ0v) is 20.4. The Morgan fingerprint density at radius 2 is 1.67 bits per heavy atom. The molecule has 0 amide bonds. The minimum absolute atomic E-state index is 0.00192. The second-order valence-electron chi connectivity index (χ2n) is 6.74. The van der Waals surface area contributed by atoms with Gasteiger partial charge in [-0.25, -0.2) is 13.2 Å². The van der Waals surface area contributed by atoms with Crippen molar-refractivity contribution in [1.82, 2.24) is 19.0 Å². The number of nitrogens with zero attached hydrogens (tertiary/aromatic N) is 5. The number of halogens is 1. The highest BCUT2D eigenvalue weighted by Gasteiger charge is 2.13. The topological polar surface area (TPSA) is 85.5 Å². The number of aromatic nitrogens is 4. The van der Waals surface area contributed by atoms with E-state index in [-0.39, 0.29) is 5.56 Å². The maximum Gasteiger partial charge on any atom is 0.146 e. The van der Waals surface area contributed by atoms with Crippen molar-refractivity contribution in [3.8, 4) is 34.1 Å². The molecule has 0 aliphatic heterocycles. The van der Waals surface area contributed by atoms with Gasteiger partial charge in [-0.15, -0.1) is 0 Å². The number of nitriles is 1. The number of benzene rings is 2. The van der Waals surface area contributed by atoms with E-state index in [0.29, 0.717) is 17.1 Å². The van der Waals surface area contributed by atoms with Gasteiger partial charge in [-0.2, -0.15) is 15.5 Å². The van der Waals surface area contributed by atoms with Gasteiger partial charge in [0.25, 0.3) is 0 Å². The highest BCUT2D eigenvalue weighted by molar-refractivity contribution is 7.97. The summed E-state index contributed by atoms with van der Waals surface area (Å²) in [4.78, 5) is 0. The van der Waals surface area contributed by atoms with Gasteiger partial charge < -0.3 is 5.73 Å². The summed E-state index contributed by atoms with van der Waals surface area (Å²) in [6.07, 6.45) is 6.97. The third kappa shape index (κ3) is 6.24. The van der Waals surface area contributed by atoms with E-state index >= 15 is 0 Å². The zero-order chi connectivity index (χ0) is 24.4. The van der Waals surface area contributed by atoms with Crippen molar-refractivity contribution in [3.05, 3.63) is 72.3 Å². The lowest BCUT2D eigenvalue weighted by Crippen LogP contribution is -2.00. The largest absolute Gasteiger partial charge is 0.382 e. The molecule has 0 aliphatic rings. The Morgan fingerprint density at radius 1 is 1.03 bits per heavy atom. The maximum atomic E-state index is 14.1. The van der Waals surface area contributed by atoms with E-state index in [1.807, 2.05) is 62.8 Å². The minimum Gasteiger partial charge on any atom is -0.382 e. The molecule has 4 aromatic rings. The molecule has 0 aliphatic carbocycles. The monoisotopic (exact) mass is 464 g/mol. The normalized spacial score (nSPS) is 9.85. The molecule has 2 N–H and O–H groups in total. The van der Waals surface area contributed by atoms with Crippen molar-refractivity contribution < 1.29 is 4.39 Å². The Labute approximate surface area is 199 Å². The van der Waals surface area contributed by atoms with E-state index in [4.69, 9.17) is 11.0 Å². The second-order valence-corrected chi connectivity index (χ2v) is 7.48. The molecule has 0 saturated heterocycles. The van der Waals surface area contributed by atoms with Crippen molar-refractivity contribution in [2.75, 3.05) is 12.0 Å². The van der Waals surface area contributed by atoms with Gasteiger partial charge in [0.1, 0.15) is 17.7 Å². The minimum atomic E-state index is -0.576. The quantitative estimate of drug-likeness (QED) is 0.369. The molecule has 0 spiro atoms. The van der Waals surface area contributed by atoms with Crippen LogP contribution in [-0.2, 0) is 0 Å². The third-order valence-corrected chi connectivity index (χ3v) is 4.88. The molecule has 0 fully saturated rings. The number of nitrogens with two attached hydrogens (primary N) is 1. The predicted octanol–water partition coefficient (Wildman–Crippen LogP) is 6.56. The smallest absolute Gasteiger partial charge is 0.146 e. The highest BCUT2D eigenvalue weighted by atomic mass is 32.2.